The van der Waals surface area contributed by atoms with Crippen LogP contribution >= 0.6 is 0 Å². The van der Waals surface area contributed by atoms with Crippen LogP contribution in [0.3, 0.4) is 0 Å². The van der Waals surface area contributed by atoms with E-state index in [0.717, 1.165) is 4.90 Å². The highest BCUT2D eigenvalue weighted by molar-refractivity contribution is 6.21. The van der Waals surface area contributed by atoms with E-state index >= 15 is 0 Å². The Morgan fingerprint density at radius 1 is 1.25 bits per heavy atom. The van der Waals surface area contributed by atoms with Gasteiger partial charge in [-0.15, -0.1) is 0 Å². The number of fused-ring (bicyclic) bond motifs is 1. The summed E-state index contributed by atoms with van der Waals surface area (Å²) in [6.45, 7) is 1.92. The largest absolute Gasteiger partial charge is 0.378 e. The molecular formula is C15H16FNO3. The number of alkyl halides is 1. The van der Waals surface area contributed by atoms with Crippen molar-refractivity contribution in [1.29, 1.82) is 0 Å². The Bertz CT molecular complexity index is 507. The summed E-state index contributed by atoms with van der Waals surface area (Å²) in [6, 6.07) is 5.64. The zero-order chi connectivity index (χ0) is 14.5. The van der Waals surface area contributed by atoms with Crippen LogP contribution in [0.2, 0.25) is 0 Å². The number of rotatable bonds is 6. The summed E-state index contributed by atoms with van der Waals surface area (Å²) in [4.78, 5) is 25.3. The third kappa shape index (κ3) is 2.63. The second kappa shape index (κ2) is 6.43. The Balaban J connectivity index is 2.18. The average Bonchev–Trinajstić information content (AvgIpc) is 2.73. The number of benzene rings is 1. The van der Waals surface area contributed by atoms with Gasteiger partial charge in [0.1, 0.15) is 6.67 Å². The predicted molar refractivity (Wildman–Crippen MR) is 72.3 cm³/mol. The predicted octanol–water partition coefficient (Wildman–Crippen LogP) is 2.21. The summed E-state index contributed by atoms with van der Waals surface area (Å²) in [5.41, 5.74) is 0.656. The van der Waals surface area contributed by atoms with E-state index in [2.05, 4.69) is 0 Å². The summed E-state index contributed by atoms with van der Waals surface area (Å²) in [5, 5.41) is 0. The molecule has 0 saturated carbocycles. The fourth-order valence-corrected chi connectivity index (χ4v) is 2.11. The molecule has 1 aliphatic heterocycles. The van der Waals surface area contributed by atoms with Crippen molar-refractivity contribution >= 4 is 11.8 Å². The van der Waals surface area contributed by atoms with Gasteiger partial charge in [-0.05, 0) is 19.1 Å². The van der Waals surface area contributed by atoms with E-state index in [1.54, 1.807) is 30.3 Å². The van der Waals surface area contributed by atoms with Crippen molar-refractivity contribution < 1.29 is 18.7 Å². The molecule has 0 aromatic heterocycles. The Hall–Kier alpha value is -2.01. The molecule has 1 atom stereocenters. The fourth-order valence-electron chi connectivity index (χ4n) is 2.11. The van der Waals surface area contributed by atoms with Crippen molar-refractivity contribution in [1.82, 2.24) is 4.90 Å². The lowest BCUT2D eigenvalue weighted by Crippen LogP contribution is -2.40. The third-order valence-corrected chi connectivity index (χ3v) is 3.09. The van der Waals surface area contributed by atoms with Gasteiger partial charge >= 0.3 is 0 Å². The average molecular weight is 277 g/mol. The zero-order valence-electron chi connectivity index (χ0n) is 11.2. The first-order chi connectivity index (χ1) is 9.70. The molecule has 106 valence electrons. The molecule has 1 heterocycles. The number of amides is 2. The van der Waals surface area contributed by atoms with Crippen molar-refractivity contribution in [3.8, 4) is 0 Å². The second-order valence-corrected chi connectivity index (χ2v) is 4.34. The summed E-state index contributed by atoms with van der Waals surface area (Å²) in [6.07, 6.45) is 3.12. The fraction of sp³-hybridized carbons (Fsp3) is 0.333. The number of halogens is 1. The molecule has 2 amide bonds. The number of ether oxygens (including phenoxy) is 1. The first-order valence-corrected chi connectivity index (χ1v) is 6.48. The minimum absolute atomic E-state index is 0.328. The molecule has 1 aliphatic rings. The molecule has 2 rings (SSSR count). The van der Waals surface area contributed by atoms with Crippen molar-refractivity contribution in [2.45, 2.75) is 13.0 Å². The number of nitrogens with zero attached hydrogens (tertiary/aromatic N) is 1. The van der Waals surface area contributed by atoms with Crippen molar-refractivity contribution in [3.63, 3.8) is 0 Å². The van der Waals surface area contributed by atoms with Crippen LogP contribution in [-0.2, 0) is 4.74 Å². The highest BCUT2D eigenvalue weighted by Gasteiger charge is 2.38. The minimum Gasteiger partial charge on any atom is -0.378 e. The van der Waals surface area contributed by atoms with Gasteiger partial charge in [0.05, 0.1) is 23.8 Å². The smallest absolute Gasteiger partial charge is 0.262 e. The van der Waals surface area contributed by atoms with E-state index in [-0.39, 0.29) is 0 Å². The Morgan fingerprint density at radius 3 is 2.35 bits per heavy atom. The van der Waals surface area contributed by atoms with Gasteiger partial charge in [0.25, 0.3) is 11.8 Å². The standard InChI is InChI=1S/C15H16FNO3/c1-2-20-9-5-6-11(10-16)17-14(18)12-7-3-4-8-13(12)15(17)19/h3-8,11H,2,9-10H2,1H3/b6-5-/t11-/m1/s1. The van der Waals surface area contributed by atoms with Crippen molar-refractivity contribution in [3.05, 3.63) is 47.5 Å². The first kappa shape index (κ1) is 14.4. The minimum atomic E-state index is -0.886. The molecular weight excluding hydrogens is 261 g/mol. The molecule has 1 aromatic carbocycles. The quantitative estimate of drug-likeness (QED) is 0.455. The van der Waals surface area contributed by atoms with E-state index in [1.165, 1.54) is 6.08 Å². The normalized spacial score (nSPS) is 16.0. The van der Waals surface area contributed by atoms with Gasteiger partial charge in [-0.25, -0.2) is 4.39 Å². The molecule has 5 heteroatoms. The highest BCUT2D eigenvalue weighted by Crippen LogP contribution is 2.25. The van der Waals surface area contributed by atoms with Gasteiger partial charge in [-0.2, -0.15) is 0 Å². The van der Waals surface area contributed by atoms with Crippen LogP contribution in [0, 0.1) is 0 Å². The Kier molecular flexibility index (Phi) is 4.63. The van der Waals surface area contributed by atoms with Crippen LogP contribution in [0.5, 0.6) is 0 Å². The van der Waals surface area contributed by atoms with Crippen molar-refractivity contribution in [2.24, 2.45) is 0 Å². The molecule has 0 aliphatic carbocycles. The van der Waals surface area contributed by atoms with Gasteiger partial charge < -0.3 is 4.74 Å². The van der Waals surface area contributed by atoms with E-state index in [0.29, 0.717) is 24.3 Å². The zero-order valence-corrected chi connectivity index (χ0v) is 11.2. The lowest BCUT2D eigenvalue weighted by Gasteiger charge is -2.20. The van der Waals surface area contributed by atoms with Crippen LogP contribution in [0.1, 0.15) is 27.6 Å². The SMILES string of the molecule is CCOC/C=C\[C@H](CF)N1C(=O)c2ccccc2C1=O. The molecule has 0 spiro atoms. The molecule has 0 unspecified atom stereocenters. The molecule has 20 heavy (non-hydrogen) atoms. The molecule has 0 radical (unpaired) electrons. The van der Waals surface area contributed by atoms with Crippen LogP contribution in [0.4, 0.5) is 4.39 Å². The number of hydrogen-bond donors (Lipinski definition) is 0. The number of imide groups is 1. The molecule has 1 aromatic rings. The van der Waals surface area contributed by atoms with E-state index < -0.39 is 24.5 Å². The van der Waals surface area contributed by atoms with E-state index in [1.807, 2.05) is 6.92 Å². The number of hydrogen-bond acceptors (Lipinski definition) is 3. The second-order valence-electron chi connectivity index (χ2n) is 4.34. The van der Waals surface area contributed by atoms with Crippen LogP contribution in [-0.4, -0.2) is 42.6 Å². The van der Waals surface area contributed by atoms with Gasteiger partial charge in [-0.3, -0.25) is 14.5 Å². The summed E-state index contributed by atoms with van der Waals surface area (Å²) < 4.78 is 18.3. The third-order valence-electron chi connectivity index (χ3n) is 3.09. The molecule has 0 saturated heterocycles. The van der Waals surface area contributed by atoms with Crippen LogP contribution in [0.25, 0.3) is 0 Å². The lowest BCUT2D eigenvalue weighted by molar-refractivity contribution is 0.0595. The molecule has 0 bridgehead atoms. The maximum atomic E-state index is 13.2. The number of carbonyl (C=O) groups excluding carboxylic acids is 2. The topological polar surface area (TPSA) is 46.6 Å². The first-order valence-electron chi connectivity index (χ1n) is 6.48. The van der Waals surface area contributed by atoms with Crippen molar-refractivity contribution in [2.75, 3.05) is 19.9 Å². The van der Waals surface area contributed by atoms with E-state index in [9.17, 15) is 14.0 Å². The summed E-state index contributed by atoms with van der Waals surface area (Å²) in [5.74, 6) is -0.899. The Morgan fingerprint density at radius 2 is 1.85 bits per heavy atom. The maximum absolute atomic E-state index is 13.2. The summed E-state index contributed by atoms with van der Waals surface area (Å²) in [7, 11) is 0. The Labute approximate surface area is 116 Å². The maximum Gasteiger partial charge on any atom is 0.262 e. The molecule has 0 N–H and O–H groups in total. The molecule has 0 fully saturated rings. The monoisotopic (exact) mass is 277 g/mol. The van der Waals surface area contributed by atoms with Crippen LogP contribution < -0.4 is 0 Å². The lowest BCUT2D eigenvalue weighted by atomic mass is 10.1. The number of carbonyl (C=O) groups is 2. The van der Waals surface area contributed by atoms with Gasteiger partial charge in [0, 0.05) is 6.61 Å². The summed E-state index contributed by atoms with van der Waals surface area (Å²) >= 11 is 0. The van der Waals surface area contributed by atoms with Gasteiger partial charge in [0.15, 0.2) is 0 Å². The molecule has 4 nitrogen and oxygen atoms in total. The van der Waals surface area contributed by atoms with Crippen LogP contribution in [0.15, 0.2) is 36.4 Å². The van der Waals surface area contributed by atoms with E-state index in [4.69, 9.17) is 4.74 Å². The van der Waals surface area contributed by atoms with Gasteiger partial charge in [-0.1, -0.05) is 24.3 Å². The highest BCUT2D eigenvalue weighted by atomic mass is 19.1. The van der Waals surface area contributed by atoms with Gasteiger partial charge in [0.2, 0.25) is 0 Å².